The van der Waals surface area contributed by atoms with Gasteiger partial charge in [-0.1, -0.05) is 23.5 Å². The minimum absolute atomic E-state index is 0.0491. The van der Waals surface area contributed by atoms with Crippen LogP contribution in [0.4, 0.5) is 0 Å². The molecule has 0 fully saturated rings. The number of aromatic hydroxyl groups is 1. The molecule has 0 saturated heterocycles. The van der Waals surface area contributed by atoms with Gasteiger partial charge in [0.1, 0.15) is 12.3 Å². The maximum Gasteiger partial charge on any atom is 0.277 e. The van der Waals surface area contributed by atoms with E-state index < -0.39 is 0 Å². The smallest absolute Gasteiger partial charge is 0.277 e. The molecule has 0 bridgehead atoms. The lowest BCUT2D eigenvalue weighted by atomic mass is 10.2. The summed E-state index contributed by atoms with van der Waals surface area (Å²) in [5.74, 6) is -0.157. The fraction of sp³-hybridized carbons (Fsp3) is 0.0833. The highest BCUT2D eigenvalue weighted by Gasteiger charge is 2.17. The summed E-state index contributed by atoms with van der Waals surface area (Å²) in [6.45, 7) is 0.0491. The molecule has 3 rings (SSSR count). The van der Waals surface area contributed by atoms with Crippen LogP contribution < -0.4 is 14.9 Å². The Kier molecular flexibility index (Phi) is 2.38. The summed E-state index contributed by atoms with van der Waals surface area (Å²) in [5.41, 5.74) is 0.365. The molecule has 0 amide bonds. The molecule has 0 aliphatic carbocycles. The van der Waals surface area contributed by atoms with Crippen LogP contribution in [0.5, 0.6) is 5.75 Å². The van der Waals surface area contributed by atoms with E-state index in [1.807, 2.05) is 0 Å². The van der Waals surface area contributed by atoms with Crippen LogP contribution in [0.1, 0.15) is 10.4 Å². The zero-order valence-corrected chi connectivity index (χ0v) is 9.98. The molecule has 1 aromatic carbocycles. The summed E-state index contributed by atoms with van der Waals surface area (Å²) >= 11 is 1.18. The van der Waals surface area contributed by atoms with E-state index in [4.69, 9.17) is 0 Å². The van der Waals surface area contributed by atoms with Gasteiger partial charge in [0.05, 0.1) is 4.53 Å². The number of hydrogen-bond acceptors (Lipinski definition) is 5. The highest BCUT2D eigenvalue weighted by Crippen LogP contribution is 2.10. The molecule has 1 N–H and O–H groups in total. The van der Waals surface area contributed by atoms with Crippen LogP contribution in [0.2, 0.25) is 0 Å². The number of carbonyl (C=O) groups is 1. The normalized spacial score (nSPS) is 14.7. The van der Waals surface area contributed by atoms with E-state index in [0.29, 0.717) is 14.9 Å². The first-order chi connectivity index (χ1) is 8.65. The Balaban J connectivity index is 2.23. The van der Waals surface area contributed by atoms with E-state index in [0.717, 1.165) is 4.57 Å². The summed E-state index contributed by atoms with van der Waals surface area (Å²) in [6.07, 6.45) is 1.64. The second kappa shape index (κ2) is 3.92. The number of phenolic OH excluding ortho intramolecular Hbond substituents is 1. The van der Waals surface area contributed by atoms with Gasteiger partial charge in [-0.25, -0.2) is 9.56 Å². The molecule has 0 atom stereocenters. The number of nitrogens with zero attached hydrogens (tertiary/aromatic N) is 2. The highest BCUT2D eigenvalue weighted by molar-refractivity contribution is 7.07. The molecule has 0 saturated carbocycles. The van der Waals surface area contributed by atoms with Crippen molar-refractivity contribution in [3.05, 3.63) is 49.5 Å². The van der Waals surface area contributed by atoms with Crippen molar-refractivity contribution in [1.82, 2.24) is 4.57 Å². The van der Waals surface area contributed by atoms with Crippen molar-refractivity contribution in [3.63, 3.8) is 0 Å². The van der Waals surface area contributed by atoms with Gasteiger partial charge in [0.15, 0.2) is 4.80 Å². The first-order valence-electron chi connectivity index (χ1n) is 5.25. The topological polar surface area (TPSA) is 71.7 Å². The number of carbonyl (C=O) groups excluding carboxylic acids is 1. The Hall–Kier alpha value is -2.21. The van der Waals surface area contributed by atoms with E-state index in [-0.39, 0.29) is 23.8 Å². The Morgan fingerprint density at radius 3 is 2.94 bits per heavy atom. The van der Waals surface area contributed by atoms with E-state index >= 15 is 0 Å². The van der Waals surface area contributed by atoms with Gasteiger partial charge in [-0.2, -0.15) is 0 Å². The average molecular weight is 260 g/mol. The van der Waals surface area contributed by atoms with Crippen molar-refractivity contribution in [2.45, 2.75) is 0 Å². The van der Waals surface area contributed by atoms with Gasteiger partial charge in [-0.15, -0.1) is 0 Å². The lowest BCUT2D eigenvalue weighted by Crippen LogP contribution is -2.33. The quantitative estimate of drug-likeness (QED) is 0.766. The van der Waals surface area contributed by atoms with Crippen LogP contribution in [0.15, 0.2) is 34.1 Å². The maximum atomic E-state index is 12.0. The van der Waals surface area contributed by atoms with Crippen molar-refractivity contribution in [2.24, 2.45) is 4.99 Å². The van der Waals surface area contributed by atoms with E-state index in [9.17, 15) is 14.7 Å². The van der Waals surface area contributed by atoms with Crippen LogP contribution >= 0.6 is 11.3 Å². The summed E-state index contributed by atoms with van der Waals surface area (Å²) in [6, 6.07) is 6.56. The van der Waals surface area contributed by atoms with Crippen LogP contribution in [0, 0.1) is 0 Å². The van der Waals surface area contributed by atoms with Gasteiger partial charge in [0.25, 0.3) is 11.5 Å². The van der Waals surface area contributed by atoms with Gasteiger partial charge in [0.2, 0.25) is 0 Å². The number of aromatic nitrogens is 1. The van der Waals surface area contributed by atoms with Gasteiger partial charge in [-0.05, 0) is 23.8 Å². The predicted octanol–water partition coefficient (Wildman–Crippen LogP) is -0.282. The molecule has 0 unspecified atom stereocenters. The maximum absolute atomic E-state index is 12.0. The van der Waals surface area contributed by atoms with Gasteiger partial charge >= 0.3 is 0 Å². The standard InChI is InChI=1S/C12H8N2O3S/c15-8-3-1-2-7(4-8)5-9-11(17)14-10(16)6-13-12(14)18-9/h1-5,15H,6H2/b9-5-. The molecular weight excluding hydrogens is 252 g/mol. The summed E-state index contributed by atoms with van der Waals surface area (Å²) in [7, 11) is 0. The summed E-state index contributed by atoms with van der Waals surface area (Å²) in [4.78, 5) is 27.8. The molecule has 2 aromatic rings. The number of rotatable bonds is 1. The van der Waals surface area contributed by atoms with Gasteiger partial charge in [0, 0.05) is 0 Å². The van der Waals surface area contributed by atoms with Crippen molar-refractivity contribution < 1.29 is 9.90 Å². The van der Waals surface area contributed by atoms with Crippen LogP contribution in [-0.2, 0) is 0 Å². The number of benzene rings is 1. The number of thiazole rings is 1. The second-order valence-corrected chi connectivity index (χ2v) is 4.85. The van der Waals surface area contributed by atoms with Gasteiger partial charge in [-0.3, -0.25) is 9.59 Å². The Labute approximate surface area is 105 Å². The molecule has 90 valence electrons. The van der Waals surface area contributed by atoms with E-state index in [1.54, 1.807) is 30.3 Å². The summed E-state index contributed by atoms with van der Waals surface area (Å²) < 4.78 is 1.53. The molecule has 1 aliphatic heterocycles. The second-order valence-electron chi connectivity index (χ2n) is 3.84. The molecule has 0 spiro atoms. The SMILES string of the molecule is O=C1CN=c2s/c(=C\c3cccc(O)c3)c(=O)n21. The monoisotopic (exact) mass is 260 g/mol. The third-order valence-electron chi connectivity index (χ3n) is 2.57. The molecule has 2 heterocycles. The van der Waals surface area contributed by atoms with Crippen LogP contribution in [-0.4, -0.2) is 22.1 Å². The molecule has 1 aromatic heterocycles. The number of hydrogen-bond donors (Lipinski definition) is 1. The lowest BCUT2D eigenvalue weighted by Gasteiger charge is -1.92. The zero-order chi connectivity index (χ0) is 12.7. The average Bonchev–Trinajstić information content (AvgIpc) is 2.82. The molecular formula is C12H8N2O3S. The first kappa shape index (κ1) is 10.9. The molecule has 1 aliphatic rings. The largest absolute Gasteiger partial charge is 0.508 e. The zero-order valence-electron chi connectivity index (χ0n) is 9.16. The molecule has 6 heteroatoms. The van der Waals surface area contributed by atoms with Crippen molar-refractivity contribution in [3.8, 4) is 5.75 Å². The minimum atomic E-state index is -0.343. The van der Waals surface area contributed by atoms with Crippen LogP contribution in [0.25, 0.3) is 6.08 Å². The lowest BCUT2D eigenvalue weighted by molar-refractivity contribution is 0.0932. The summed E-state index contributed by atoms with van der Waals surface area (Å²) in [5, 5.41) is 9.35. The minimum Gasteiger partial charge on any atom is -0.508 e. The Morgan fingerprint density at radius 1 is 1.39 bits per heavy atom. The molecule has 5 nitrogen and oxygen atoms in total. The third kappa shape index (κ3) is 1.67. The highest BCUT2D eigenvalue weighted by atomic mass is 32.1. The predicted molar refractivity (Wildman–Crippen MR) is 66.5 cm³/mol. The fourth-order valence-electron chi connectivity index (χ4n) is 1.77. The van der Waals surface area contributed by atoms with E-state index in [2.05, 4.69) is 4.99 Å². The van der Waals surface area contributed by atoms with Gasteiger partial charge < -0.3 is 5.11 Å². The Bertz CT molecular complexity index is 817. The van der Waals surface area contributed by atoms with Crippen molar-refractivity contribution >= 4 is 23.3 Å². The Morgan fingerprint density at radius 2 is 2.22 bits per heavy atom. The van der Waals surface area contributed by atoms with E-state index in [1.165, 1.54) is 11.3 Å². The number of fused-ring (bicyclic) bond motifs is 1. The number of phenols is 1. The first-order valence-corrected chi connectivity index (χ1v) is 6.07. The van der Waals surface area contributed by atoms with Crippen molar-refractivity contribution in [2.75, 3.05) is 6.54 Å². The molecule has 18 heavy (non-hydrogen) atoms. The third-order valence-corrected chi connectivity index (χ3v) is 3.58. The fourth-order valence-corrected chi connectivity index (χ4v) is 2.75. The van der Waals surface area contributed by atoms with Crippen LogP contribution in [0.3, 0.4) is 0 Å². The van der Waals surface area contributed by atoms with Crippen molar-refractivity contribution in [1.29, 1.82) is 0 Å². The molecule has 0 radical (unpaired) electrons.